The Kier molecular flexibility index (Phi) is 6.05. The fourth-order valence-electron chi connectivity index (χ4n) is 2.38. The van der Waals surface area contributed by atoms with Gasteiger partial charge in [0, 0.05) is 38.5 Å². The van der Waals surface area contributed by atoms with Crippen molar-refractivity contribution in [3.8, 4) is 0 Å². The molecule has 0 radical (unpaired) electrons. The predicted octanol–water partition coefficient (Wildman–Crippen LogP) is 1.40. The maximum absolute atomic E-state index is 5.48. The van der Waals surface area contributed by atoms with E-state index >= 15 is 0 Å². The van der Waals surface area contributed by atoms with Gasteiger partial charge in [0.2, 0.25) is 0 Å². The van der Waals surface area contributed by atoms with Crippen LogP contribution in [0.3, 0.4) is 0 Å². The number of hydrogen-bond acceptors (Lipinski definition) is 4. The van der Waals surface area contributed by atoms with E-state index in [1.807, 2.05) is 11.8 Å². The molecule has 0 aromatic rings. The maximum Gasteiger partial charge on any atom is 0.136 e. The summed E-state index contributed by atoms with van der Waals surface area (Å²) in [6.07, 6.45) is 4.18. The molecule has 2 rings (SSSR count). The third-order valence-corrected chi connectivity index (χ3v) is 4.96. The van der Waals surface area contributed by atoms with E-state index in [1.54, 1.807) is 0 Å². The van der Waals surface area contributed by atoms with Crippen LogP contribution in [0.25, 0.3) is 0 Å². The van der Waals surface area contributed by atoms with Crippen molar-refractivity contribution in [2.75, 3.05) is 51.6 Å². The molecule has 0 aromatic heterocycles. The summed E-state index contributed by atoms with van der Waals surface area (Å²) in [4.78, 5) is 4.92. The molecule has 17 heavy (non-hydrogen) atoms. The molecular formula is C12H23N3S2. The van der Waals surface area contributed by atoms with E-state index in [1.165, 1.54) is 38.9 Å². The lowest BCUT2D eigenvalue weighted by Crippen LogP contribution is -2.45. The number of nitrogens with zero attached hydrogens (tertiary/aromatic N) is 2. The molecule has 0 aromatic carbocycles. The summed E-state index contributed by atoms with van der Waals surface area (Å²) in [5.41, 5.74) is 0. The van der Waals surface area contributed by atoms with E-state index in [4.69, 9.17) is 12.2 Å². The number of likely N-dealkylation sites (tertiary alicyclic amines) is 1. The van der Waals surface area contributed by atoms with Gasteiger partial charge in [-0.05, 0) is 25.9 Å². The zero-order valence-corrected chi connectivity index (χ0v) is 12.1. The van der Waals surface area contributed by atoms with Crippen molar-refractivity contribution in [1.29, 1.82) is 0 Å². The molecule has 5 heteroatoms. The monoisotopic (exact) mass is 273 g/mol. The van der Waals surface area contributed by atoms with Gasteiger partial charge in [-0.2, -0.15) is 0 Å². The lowest BCUT2D eigenvalue weighted by molar-refractivity contribution is 0.242. The second-order valence-corrected chi connectivity index (χ2v) is 6.48. The Morgan fingerprint density at radius 1 is 1.06 bits per heavy atom. The van der Waals surface area contributed by atoms with Crippen LogP contribution in [0.5, 0.6) is 0 Å². The normalized spacial score (nSPS) is 22.7. The van der Waals surface area contributed by atoms with Crippen molar-refractivity contribution in [2.45, 2.75) is 19.3 Å². The summed E-state index contributed by atoms with van der Waals surface area (Å²) in [6, 6.07) is 0. The van der Waals surface area contributed by atoms with Gasteiger partial charge in [0.15, 0.2) is 0 Å². The second kappa shape index (κ2) is 7.56. The van der Waals surface area contributed by atoms with Crippen LogP contribution in [0.4, 0.5) is 0 Å². The average Bonchev–Trinajstić information content (AvgIpc) is 2.41. The fraction of sp³-hybridized carbons (Fsp3) is 0.917. The molecular weight excluding hydrogens is 250 g/mol. The number of piperidine rings is 1. The van der Waals surface area contributed by atoms with E-state index in [-0.39, 0.29) is 0 Å². The first kappa shape index (κ1) is 13.6. The average molecular weight is 273 g/mol. The molecule has 2 saturated heterocycles. The summed E-state index contributed by atoms with van der Waals surface area (Å²) in [5, 5.41) is 3.36. The van der Waals surface area contributed by atoms with E-state index in [9.17, 15) is 0 Å². The first-order valence-corrected chi connectivity index (χ1v) is 8.10. The minimum Gasteiger partial charge on any atom is -0.355 e. The molecule has 98 valence electrons. The standard InChI is InChI=1S/C12H23N3S2/c16-12(15-8-4-13-5-9-15)17-11-10-14-6-2-1-3-7-14/h13H,1-11H2. The van der Waals surface area contributed by atoms with Gasteiger partial charge >= 0.3 is 0 Å². The largest absolute Gasteiger partial charge is 0.355 e. The first-order valence-electron chi connectivity index (χ1n) is 6.71. The molecule has 3 nitrogen and oxygen atoms in total. The number of piperazine rings is 1. The van der Waals surface area contributed by atoms with Gasteiger partial charge in [0.25, 0.3) is 0 Å². The lowest BCUT2D eigenvalue weighted by Gasteiger charge is -2.30. The van der Waals surface area contributed by atoms with Crippen LogP contribution in [0.15, 0.2) is 0 Å². The Bertz CT molecular complexity index is 236. The van der Waals surface area contributed by atoms with E-state index in [0.29, 0.717) is 0 Å². The zero-order valence-electron chi connectivity index (χ0n) is 10.5. The Morgan fingerprint density at radius 2 is 1.76 bits per heavy atom. The van der Waals surface area contributed by atoms with Crippen LogP contribution < -0.4 is 5.32 Å². The molecule has 0 spiro atoms. The third kappa shape index (κ3) is 4.73. The second-order valence-electron chi connectivity index (χ2n) is 4.75. The van der Waals surface area contributed by atoms with Crippen molar-refractivity contribution < 1.29 is 0 Å². The molecule has 0 saturated carbocycles. The maximum atomic E-state index is 5.48. The van der Waals surface area contributed by atoms with Gasteiger partial charge in [-0.1, -0.05) is 30.4 Å². The summed E-state index contributed by atoms with van der Waals surface area (Å²) in [7, 11) is 0. The van der Waals surface area contributed by atoms with Crippen LogP contribution >= 0.6 is 24.0 Å². The SMILES string of the molecule is S=C(SCCN1CCCCC1)N1CCNCC1. The summed E-state index contributed by atoms with van der Waals surface area (Å²) in [6.45, 7) is 8.10. The van der Waals surface area contributed by atoms with Crippen molar-refractivity contribution >= 4 is 28.3 Å². The van der Waals surface area contributed by atoms with Gasteiger partial charge in [-0.25, -0.2) is 0 Å². The Balaban J connectivity index is 1.58. The number of thiocarbonyl (C=S) groups is 1. The molecule has 0 amide bonds. The number of hydrogen-bond donors (Lipinski definition) is 1. The van der Waals surface area contributed by atoms with Gasteiger partial charge in [-0.3, -0.25) is 0 Å². The Labute approximate surface area is 114 Å². The van der Waals surface area contributed by atoms with E-state index < -0.39 is 0 Å². The predicted molar refractivity (Wildman–Crippen MR) is 79.8 cm³/mol. The van der Waals surface area contributed by atoms with Crippen LogP contribution in [0, 0.1) is 0 Å². The van der Waals surface area contributed by atoms with Crippen molar-refractivity contribution in [3.63, 3.8) is 0 Å². The quantitative estimate of drug-likeness (QED) is 0.781. The highest BCUT2D eigenvalue weighted by Gasteiger charge is 2.14. The molecule has 2 aliphatic rings. The van der Waals surface area contributed by atoms with Crippen LogP contribution in [0.2, 0.25) is 0 Å². The van der Waals surface area contributed by atoms with Crippen molar-refractivity contribution in [1.82, 2.24) is 15.1 Å². The Hall–Kier alpha value is 0.160. The van der Waals surface area contributed by atoms with Crippen molar-refractivity contribution in [2.24, 2.45) is 0 Å². The molecule has 1 N–H and O–H groups in total. The summed E-state index contributed by atoms with van der Waals surface area (Å²) < 4.78 is 1.10. The topological polar surface area (TPSA) is 18.5 Å². The summed E-state index contributed by atoms with van der Waals surface area (Å²) >= 11 is 7.35. The molecule has 0 atom stereocenters. The third-order valence-electron chi connectivity index (χ3n) is 3.46. The number of nitrogens with one attached hydrogen (secondary N) is 1. The zero-order chi connectivity index (χ0) is 11.9. The number of thioether (sulfide) groups is 1. The highest BCUT2D eigenvalue weighted by Crippen LogP contribution is 2.13. The van der Waals surface area contributed by atoms with Gasteiger partial charge < -0.3 is 15.1 Å². The minimum absolute atomic E-state index is 1.08. The molecule has 0 aliphatic carbocycles. The minimum atomic E-state index is 1.08. The van der Waals surface area contributed by atoms with Gasteiger partial charge in [0.05, 0.1) is 0 Å². The summed E-state index contributed by atoms with van der Waals surface area (Å²) in [5.74, 6) is 1.16. The molecule has 0 unspecified atom stereocenters. The highest BCUT2D eigenvalue weighted by atomic mass is 32.2. The lowest BCUT2D eigenvalue weighted by atomic mass is 10.1. The van der Waals surface area contributed by atoms with Gasteiger partial charge in [0.1, 0.15) is 4.32 Å². The van der Waals surface area contributed by atoms with E-state index in [0.717, 1.165) is 36.3 Å². The highest BCUT2D eigenvalue weighted by molar-refractivity contribution is 8.22. The molecule has 2 aliphatic heterocycles. The van der Waals surface area contributed by atoms with Crippen LogP contribution in [-0.2, 0) is 0 Å². The Morgan fingerprint density at radius 3 is 2.47 bits per heavy atom. The molecule has 0 bridgehead atoms. The first-order chi connectivity index (χ1) is 8.36. The molecule has 2 heterocycles. The van der Waals surface area contributed by atoms with Crippen molar-refractivity contribution in [3.05, 3.63) is 0 Å². The van der Waals surface area contributed by atoms with Crippen LogP contribution in [-0.4, -0.2) is 65.7 Å². The fourth-order valence-corrected chi connectivity index (χ4v) is 3.71. The van der Waals surface area contributed by atoms with Crippen LogP contribution in [0.1, 0.15) is 19.3 Å². The number of rotatable bonds is 3. The molecule has 2 fully saturated rings. The van der Waals surface area contributed by atoms with Gasteiger partial charge in [-0.15, -0.1) is 0 Å². The smallest absolute Gasteiger partial charge is 0.136 e. The van der Waals surface area contributed by atoms with E-state index in [2.05, 4.69) is 15.1 Å².